The smallest absolute Gasteiger partial charge is 0.408 e. The van der Waals surface area contributed by atoms with E-state index in [4.69, 9.17) is 9.47 Å². The van der Waals surface area contributed by atoms with Gasteiger partial charge in [-0.1, -0.05) is 18.2 Å². The molecule has 0 aliphatic rings. The van der Waals surface area contributed by atoms with Gasteiger partial charge in [0.25, 0.3) is 0 Å². The maximum Gasteiger partial charge on any atom is 0.408 e. The monoisotopic (exact) mass is 428 g/mol. The van der Waals surface area contributed by atoms with Crippen LogP contribution in [0.1, 0.15) is 26.3 Å². The van der Waals surface area contributed by atoms with E-state index in [1.807, 2.05) is 24.3 Å². The van der Waals surface area contributed by atoms with E-state index >= 15 is 0 Å². The molecule has 1 unspecified atom stereocenters. The van der Waals surface area contributed by atoms with Crippen molar-refractivity contribution in [2.75, 3.05) is 0 Å². The van der Waals surface area contributed by atoms with E-state index in [0.717, 1.165) is 10.9 Å². The molecule has 1 atom stereocenters. The highest BCUT2D eigenvalue weighted by Gasteiger charge is 2.28. The van der Waals surface area contributed by atoms with Crippen LogP contribution >= 0.6 is 0 Å². The van der Waals surface area contributed by atoms with Crippen LogP contribution in [0.15, 0.2) is 48.5 Å². The average molecular weight is 428 g/mol. The molecule has 0 bridgehead atoms. The minimum absolute atomic E-state index is 0.0353. The third-order valence-corrected chi connectivity index (χ3v) is 4.58. The van der Waals surface area contributed by atoms with Crippen molar-refractivity contribution >= 4 is 23.0 Å². The molecule has 0 aliphatic carbocycles. The molecule has 7 nitrogen and oxygen atoms in total. The molecule has 8 heteroatoms. The molecule has 164 valence electrons. The fourth-order valence-electron chi connectivity index (χ4n) is 3.24. The van der Waals surface area contributed by atoms with E-state index in [1.165, 1.54) is 24.3 Å². The summed E-state index contributed by atoms with van der Waals surface area (Å²) in [5.41, 5.74) is 0.672. The Bertz CT molecular complexity index is 1100. The quantitative estimate of drug-likeness (QED) is 0.598. The van der Waals surface area contributed by atoms with Crippen LogP contribution in [-0.4, -0.2) is 33.4 Å². The van der Waals surface area contributed by atoms with Crippen molar-refractivity contribution in [2.24, 2.45) is 7.05 Å². The number of halogens is 1. The van der Waals surface area contributed by atoms with Crippen molar-refractivity contribution in [1.82, 2.24) is 9.88 Å². The first-order valence-electron chi connectivity index (χ1n) is 9.77. The third-order valence-electron chi connectivity index (χ3n) is 4.58. The predicted molar refractivity (Wildman–Crippen MR) is 114 cm³/mol. The van der Waals surface area contributed by atoms with Crippen LogP contribution in [0.2, 0.25) is 0 Å². The Morgan fingerprint density at radius 3 is 2.39 bits per heavy atom. The maximum atomic E-state index is 13.3. The number of aliphatic carboxylic acids is 1. The number of benzene rings is 2. The highest BCUT2D eigenvalue weighted by Crippen LogP contribution is 2.35. The maximum absolute atomic E-state index is 13.3. The van der Waals surface area contributed by atoms with Crippen LogP contribution < -0.4 is 10.1 Å². The molecule has 0 saturated carbocycles. The molecule has 0 spiro atoms. The number of alkyl carbamates (subject to hydrolysis) is 1. The Morgan fingerprint density at radius 2 is 1.77 bits per heavy atom. The first-order chi connectivity index (χ1) is 14.5. The van der Waals surface area contributed by atoms with Gasteiger partial charge in [-0.3, -0.25) is 0 Å². The van der Waals surface area contributed by atoms with Gasteiger partial charge in [-0.15, -0.1) is 0 Å². The summed E-state index contributed by atoms with van der Waals surface area (Å²) in [4.78, 5) is 24.1. The summed E-state index contributed by atoms with van der Waals surface area (Å²) in [5, 5.41) is 12.9. The minimum atomic E-state index is -1.24. The van der Waals surface area contributed by atoms with E-state index in [1.54, 1.807) is 32.4 Å². The molecule has 0 radical (unpaired) electrons. The fraction of sp³-hybridized carbons (Fsp3) is 0.304. The molecule has 2 aromatic carbocycles. The van der Waals surface area contributed by atoms with Gasteiger partial charge in [0, 0.05) is 24.4 Å². The minimum Gasteiger partial charge on any atom is -0.480 e. The van der Waals surface area contributed by atoms with E-state index < -0.39 is 29.5 Å². The van der Waals surface area contributed by atoms with Crippen molar-refractivity contribution in [3.8, 4) is 11.6 Å². The fourth-order valence-corrected chi connectivity index (χ4v) is 3.24. The summed E-state index contributed by atoms with van der Waals surface area (Å²) >= 11 is 0. The summed E-state index contributed by atoms with van der Waals surface area (Å²) in [6, 6.07) is 11.7. The SMILES string of the molecule is Cn1c(Oc2ccc(F)cc2)c(CC(NC(=O)OC(C)(C)C)C(=O)O)c2ccccc21. The molecule has 1 aromatic heterocycles. The summed E-state index contributed by atoms with van der Waals surface area (Å²) in [7, 11) is 1.79. The van der Waals surface area contributed by atoms with E-state index in [2.05, 4.69) is 5.32 Å². The van der Waals surface area contributed by atoms with Crippen LogP contribution in [0, 0.1) is 5.82 Å². The first kappa shape index (κ1) is 22.1. The van der Waals surface area contributed by atoms with Crippen LogP contribution in [0.25, 0.3) is 10.9 Å². The predicted octanol–water partition coefficient (Wildman–Crippen LogP) is 4.63. The zero-order valence-electron chi connectivity index (χ0n) is 17.8. The number of amides is 1. The lowest BCUT2D eigenvalue weighted by Crippen LogP contribution is -2.44. The van der Waals surface area contributed by atoms with Crippen molar-refractivity contribution in [3.05, 3.63) is 59.9 Å². The number of aromatic nitrogens is 1. The number of carboxylic acid groups (broad SMARTS) is 1. The van der Waals surface area contributed by atoms with E-state index in [0.29, 0.717) is 17.2 Å². The number of ether oxygens (including phenoxy) is 2. The van der Waals surface area contributed by atoms with Gasteiger partial charge in [0.05, 0.1) is 5.52 Å². The molecule has 1 heterocycles. The summed E-state index contributed by atoms with van der Waals surface area (Å²) in [6.45, 7) is 5.09. The number of rotatable bonds is 6. The zero-order chi connectivity index (χ0) is 22.8. The van der Waals surface area contributed by atoms with E-state index in [9.17, 15) is 19.1 Å². The number of fused-ring (bicyclic) bond motifs is 1. The normalized spacial score (nSPS) is 12.4. The van der Waals surface area contributed by atoms with Crippen molar-refractivity contribution < 1.29 is 28.6 Å². The van der Waals surface area contributed by atoms with Crippen molar-refractivity contribution in [1.29, 1.82) is 0 Å². The Kier molecular flexibility index (Phi) is 6.19. The largest absolute Gasteiger partial charge is 0.480 e. The Balaban J connectivity index is 1.97. The number of hydrogen-bond donors (Lipinski definition) is 2. The molecular weight excluding hydrogens is 403 g/mol. The van der Waals surface area contributed by atoms with Crippen LogP contribution in [0.5, 0.6) is 11.6 Å². The van der Waals surface area contributed by atoms with Crippen LogP contribution in [-0.2, 0) is 23.0 Å². The molecule has 0 fully saturated rings. The molecule has 0 aliphatic heterocycles. The molecule has 2 N–H and O–H groups in total. The van der Waals surface area contributed by atoms with Crippen LogP contribution in [0.3, 0.4) is 0 Å². The Hall–Kier alpha value is -3.55. The van der Waals surface area contributed by atoms with Gasteiger partial charge in [0.2, 0.25) is 5.88 Å². The number of nitrogens with one attached hydrogen (secondary N) is 1. The van der Waals surface area contributed by atoms with Gasteiger partial charge in [-0.25, -0.2) is 14.0 Å². The number of carbonyl (C=O) groups is 2. The number of nitrogens with zero attached hydrogens (tertiary/aromatic N) is 1. The Morgan fingerprint density at radius 1 is 1.13 bits per heavy atom. The highest BCUT2D eigenvalue weighted by molar-refractivity contribution is 5.88. The molecular formula is C23H25FN2O5. The highest BCUT2D eigenvalue weighted by atomic mass is 19.1. The lowest BCUT2D eigenvalue weighted by molar-refractivity contribution is -0.139. The van der Waals surface area contributed by atoms with Gasteiger partial charge in [-0.05, 0) is 51.1 Å². The van der Waals surface area contributed by atoms with Crippen LogP contribution in [0.4, 0.5) is 9.18 Å². The van der Waals surface area contributed by atoms with Gasteiger partial charge < -0.3 is 24.5 Å². The van der Waals surface area contributed by atoms with Gasteiger partial charge in [0.1, 0.15) is 23.2 Å². The Labute approximate surface area is 179 Å². The summed E-state index contributed by atoms with van der Waals surface area (Å²) in [5.74, 6) is -0.783. The number of carboxylic acids is 1. The first-order valence-corrected chi connectivity index (χ1v) is 9.77. The molecule has 3 rings (SSSR count). The average Bonchev–Trinajstić information content (AvgIpc) is 2.93. The van der Waals surface area contributed by atoms with Gasteiger partial charge in [-0.2, -0.15) is 0 Å². The number of para-hydroxylation sites is 1. The second-order valence-corrected chi connectivity index (χ2v) is 8.16. The second-order valence-electron chi connectivity index (χ2n) is 8.16. The summed E-state index contributed by atoms with van der Waals surface area (Å²) < 4.78 is 26.3. The van der Waals surface area contributed by atoms with Crippen molar-refractivity contribution in [3.63, 3.8) is 0 Å². The second kappa shape index (κ2) is 8.67. The standard InChI is InChI=1S/C23H25FN2O5/c1-23(2,3)31-22(29)25-18(21(27)28)13-17-16-7-5-6-8-19(16)26(4)20(17)30-15-11-9-14(24)10-12-15/h5-12,18H,13H2,1-4H3,(H,25,29)(H,27,28). The summed E-state index contributed by atoms with van der Waals surface area (Å²) in [6.07, 6.45) is -0.854. The topological polar surface area (TPSA) is 89.8 Å². The van der Waals surface area contributed by atoms with Gasteiger partial charge in [0.15, 0.2) is 0 Å². The number of hydrogen-bond acceptors (Lipinski definition) is 4. The lowest BCUT2D eigenvalue weighted by Gasteiger charge is -2.22. The van der Waals surface area contributed by atoms with E-state index in [-0.39, 0.29) is 6.42 Å². The van der Waals surface area contributed by atoms with Crippen molar-refractivity contribution in [2.45, 2.75) is 38.8 Å². The molecule has 31 heavy (non-hydrogen) atoms. The third kappa shape index (κ3) is 5.33. The molecule has 0 saturated heterocycles. The number of aryl methyl sites for hydroxylation is 1. The number of carbonyl (C=O) groups excluding carboxylic acids is 1. The van der Waals surface area contributed by atoms with Gasteiger partial charge >= 0.3 is 12.1 Å². The molecule has 3 aromatic rings. The zero-order valence-corrected chi connectivity index (χ0v) is 17.8. The lowest BCUT2D eigenvalue weighted by atomic mass is 10.0. The molecule has 1 amide bonds.